The van der Waals surface area contributed by atoms with E-state index in [0.717, 1.165) is 19.1 Å². The molecule has 6 N–H and O–H groups in total. The van der Waals surface area contributed by atoms with Gasteiger partial charge in [-0.2, -0.15) is 0 Å². The zero-order valence-corrected chi connectivity index (χ0v) is 15.7. The number of nitro groups is 1. The number of amides is 1. The molecule has 0 unspecified atom stereocenters. The largest absolute Gasteiger partial charge is 0.476 e. The average molecular weight is 430 g/mol. The van der Waals surface area contributed by atoms with Gasteiger partial charge in [-0.25, -0.2) is 4.79 Å². The number of rotatable bonds is 8. The van der Waals surface area contributed by atoms with Crippen molar-refractivity contribution in [2.45, 2.75) is 49.6 Å². The van der Waals surface area contributed by atoms with Crippen LogP contribution in [-0.4, -0.2) is 85.2 Å². The molecule has 2 rings (SSSR count). The summed E-state index contributed by atoms with van der Waals surface area (Å²) in [5, 5.41) is 63.0. The Bertz CT molecular complexity index is 804. The molecule has 1 aliphatic rings. The molecule has 0 aliphatic carbocycles. The topological polar surface area (TPSA) is 209 Å². The van der Waals surface area contributed by atoms with Crippen molar-refractivity contribution in [1.29, 1.82) is 0 Å². The summed E-state index contributed by atoms with van der Waals surface area (Å²) in [6.45, 7) is 0.163. The predicted octanol–water partition coefficient (Wildman–Crippen LogP) is -1.88. The maximum Gasteiger partial charge on any atom is 0.377 e. The predicted molar refractivity (Wildman–Crippen MR) is 96.3 cm³/mol. The molecule has 1 aromatic rings. The Kier molecular flexibility index (Phi) is 7.28. The number of nitro benzene ring substituents is 1. The molecule has 1 fully saturated rings. The molecule has 1 saturated heterocycles. The summed E-state index contributed by atoms with van der Waals surface area (Å²) in [6, 6.07) is 3.48. The molecule has 0 saturated carbocycles. The Labute approximate surface area is 169 Å². The van der Waals surface area contributed by atoms with Crippen LogP contribution in [0.1, 0.15) is 13.3 Å². The number of carboxylic acids is 1. The smallest absolute Gasteiger partial charge is 0.377 e. The van der Waals surface area contributed by atoms with Crippen molar-refractivity contribution in [3.05, 3.63) is 34.4 Å². The zero-order valence-electron chi connectivity index (χ0n) is 15.7. The molecular weight excluding hydrogens is 408 g/mol. The maximum absolute atomic E-state index is 12.0. The first-order chi connectivity index (χ1) is 14.0. The SMILES string of the molecule is CC(=O)N[C@H]1[C@@H]([C@@H](O)[C@H](O)CO)O[C@](Oc2ccccc2[N+](=O)[O-])(C(=O)O)C[C@H]1O. The van der Waals surface area contributed by atoms with Crippen molar-refractivity contribution < 1.29 is 49.5 Å². The second-order valence-corrected chi connectivity index (χ2v) is 6.71. The normalized spacial score (nSPS) is 28.2. The van der Waals surface area contributed by atoms with Gasteiger partial charge in [0.15, 0.2) is 0 Å². The van der Waals surface area contributed by atoms with Gasteiger partial charge >= 0.3 is 17.4 Å². The second kappa shape index (κ2) is 9.32. The Morgan fingerprint density at radius 1 is 1.40 bits per heavy atom. The van der Waals surface area contributed by atoms with Gasteiger partial charge in [0.25, 0.3) is 0 Å². The Hall–Kier alpha value is -2.84. The first-order valence-corrected chi connectivity index (χ1v) is 8.78. The lowest BCUT2D eigenvalue weighted by Crippen LogP contribution is -2.68. The number of ether oxygens (including phenoxy) is 2. The fraction of sp³-hybridized carbons (Fsp3) is 0.529. The average Bonchev–Trinajstić information content (AvgIpc) is 2.68. The van der Waals surface area contributed by atoms with E-state index in [0.29, 0.717) is 0 Å². The number of aliphatic hydroxyl groups excluding tert-OH is 4. The van der Waals surface area contributed by atoms with Crippen LogP contribution in [-0.2, 0) is 14.3 Å². The van der Waals surface area contributed by atoms with Crippen molar-refractivity contribution in [3.63, 3.8) is 0 Å². The lowest BCUT2D eigenvalue weighted by molar-refractivity contribution is -0.387. The summed E-state index contributed by atoms with van der Waals surface area (Å²) >= 11 is 0. The number of aliphatic hydroxyl groups is 4. The Balaban J connectivity index is 2.49. The van der Waals surface area contributed by atoms with E-state index >= 15 is 0 Å². The van der Waals surface area contributed by atoms with Crippen molar-refractivity contribution in [1.82, 2.24) is 5.32 Å². The van der Waals surface area contributed by atoms with Gasteiger partial charge < -0.3 is 40.3 Å². The minimum Gasteiger partial charge on any atom is -0.476 e. The lowest BCUT2D eigenvalue weighted by atomic mass is 9.88. The summed E-state index contributed by atoms with van der Waals surface area (Å²) in [6.07, 6.45) is -7.95. The van der Waals surface area contributed by atoms with Crippen LogP contribution in [0.25, 0.3) is 0 Å². The molecule has 1 aromatic carbocycles. The van der Waals surface area contributed by atoms with E-state index in [1.807, 2.05) is 0 Å². The molecule has 13 nitrogen and oxygen atoms in total. The second-order valence-electron chi connectivity index (χ2n) is 6.71. The lowest BCUT2D eigenvalue weighted by Gasteiger charge is -2.46. The van der Waals surface area contributed by atoms with Gasteiger partial charge in [0, 0.05) is 13.0 Å². The van der Waals surface area contributed by atoms with Crippen LogP contribution in [0.4, 0.5) is 5.69 Å². The standard InChI is InChI=1S/C17H22N2O11/c1-8(21)18-13-10(22)6-17(16(25)26,30-15(13)14(24)11(23)7-20)29-12-5-3-2-4-9(12)19(27)28/h2-5,10-11,13-15,20,22-24H,6-7H2,1H3,(H,18,21)(H,25,26)/t10-,11-,13-,14+,15+,17+/m1/s1. The van der Waals surface area contributed by atoms with Gasteiger partial charge in [-0.1, -0.05) is 12.1 Å². The quantitative estimate of drug-likeness (QED) is 0.199. The number of hydrogen-bond acceptors (Lipinski definition) is 10. The molecule has 13 heteroatoms. The molecular formula is C17H22N2O11. The fourth-order valence-corrected chi connectivity index (χ4v) is 3.10. The number of hydrogen-bond donors (Lipinski definition) is 6. The monoisotopic (exact) mass is 430 g/mol. The number of carbonyl (C=O) groups excluding carboxylic acids is 1. The third-order valence-electron chi connectivity index (χ3n) is 4.52. The molecule has 0 radical (unpaired) electrons. The van der Waals surface area contributed by atoms with Gasteiger partial charge in [-0.3, -0.25) is 14.9 Å². The summed E-state index contributed by atoms with van der Waals surface area (Å²) in [5.74, 6) is -5.62. The molecule has 0 bridgehead atoms. The van der Waals surface area contributed by atoms with Crippen LogP contribution in [0.2, 0.25) is 0 Å². The third kappa shape index (κ3) is 4.83. The molecule has 166 valence electrons. The zero-order chi connectivity index (χ0) is 22.6. The van der Waals surface area contributed by atoms with Gasteiger partial charge in [-0.05, 0) is 6.07 Å². The van der Waals surface area contributed by atoms with Gasteiger partial charge in [-0.15, -0.1) is 0 Å². The minimum atomic E-state index is -2.71. The molecule has 1 amide bonds. The van der Waals surface area contributed by atoms with Gasteiger partial charge in [0.1, 0.15) is 18.3 Å². The number of carboxylic acid groups (broad SMARTS) is 1. The summed E-state index contributed by atoms with van der Waals surface area (Å²) in [4.78, 5) is 33.9. The van der Waals surface area contributed by atoms with Crippen LogP contribution >= 0.6 is 0 Å². The Morgan fingerprint density at radius 2 is 2.03 bits per heavy atom. The first-order valence-electron chi connectivity index (χ1n) is 8.78. The van der Waals surface area contributed by atoms with E-state index in [1.54, 1.807) is 0 Å². The Morgan fingerprint density at radius 3 is 2.57 bits per heavy atom. The van der Waals surface area contributed by atoms with Crippen molar-refractivity contribution in [3.8, 4) is 5.75 Å². The molecule has 6 atom stereocenters. The van der Waals surface area contributed by atoms with Crippen LogP contribution in [0, 0.1) is 10.1 Å². The minimum absolute atomic E-state index is 0.481. The molecule has 0 spiro atoms. The molecule has 0 aromatic heterocycles. The summed E-state index contributed by atoms with van der Waals surface area (Å²) < 4.78 is 10.7. The van der Waals surface area contributed by atoms with Gasteiger partial charge in [0.05, 0.1) is 30.1 Å². The van der Waals surface area contributed by atoms with Crippen molar-refractivity contribution in [2.24, 2.45) is 0 Å². The van der Waals surface area contributed by atoms with E-state index in [2.05, 4.69) is 5.32 Å². The fourth-order valence-electron chi connectivity index (χ4n) is 3.10. The first kappa shape index (κ1) is 23.4. The maximum atomic E-state index is 12.0. The molecule has 30 heavy (non-hydrogen) atoms. The summed E-state index contributed by atoms with van der Waals surface area (Å²) in [5.41, 5.74) is -0.576. The van der Waals surface area contributed by atoms with Gasteiger partial charge in [0.2, 0.25) is 11.7 Å². The van der Waals surface area contributed by atoms with E-state index in [1.165, 1.54) is 12.1 Å². The van der Waals surface area contributed by atoms with Crippen molar-refractivity contribution in [2.75, 3.05) is 6.61 Å². The number of aliphatic carboxylic acids is 1. The highest BCUT2D eigenvalue weighted by Crippen LogP contribution is 2.37. The molecule has 1 aliphatic heterocycles. The van der Waals surface area contributed by atoms with E-state index < -0.39 is 77.5 Å². The van der Waals surface area contributed by atoms with Crippen LogP contribution in [0.15, 0.2) is 24.3 Å². The number of para-hydroxylation sites is 2. The van der Waals surface area contributed by atoms with Crippen LogP contribution in [0.3, 0.4) is 0 Å². The van der Waals surface area contributed by atoms with Crippen LogP contribution < -0.4 is 10.1 Å². The highest BCUT2D eigenvalue weighted by atomic mass is 16.7. The van der Waals surface area contributed by atoms with E-state index in [-0.39, 0.29) is 0 Å². The number of nitrogens with zero attached hydrogens (tertiary/aromatic N) is 1. The highest BCUT2D eigenvalue weighted by molar-refractivity contribution is 5.77. The molecule has 1 heterocycles. The van der Waals surface area contributed by atoms with Crippen LogP contribution in [0.5, 0.6) is 5.75 Å². The number of benzene rings is 1. The van der Waals surface area contributed by atoms with E-state index in [9.17, 15) is 40.1 Å². The third-order valence-corrected chi connectivity index (χ3v) is 4.52. The number of carbonyl (C=O) groups is 2. The van der Waals surface area contributed by atoms with E-state index in [4.69, 9.17) is 14.6 Å². The van der Waals surface area contributed by atoms with Crippen molar-refractivity contribution >= 4 is 17.6 Å². The number of nitrogens with one attached hydrogen (secondary N) is 1. The highest BCUT2D eigenvalue weighted by Gasteiger charge is 2.57. The summed E-state index contributed by atoms with van der Waals surface area (Å²) in [7, 11) is 0.